The number of carboxylic acid groups (broad SMARTS) is 1. The van der Waals surface area contributed by atoms with Gasteiger partial charge in [-0.15, -0.1) is 11.3 Å². The molecule has 178 valence electrons. The van der Waals surface area contributed by atoms with Gasteiger partial charge in [-0.2, -0.15) is 0 Å². The van der Waals surface area contributed by atoms with Gasteiger partial charge in [0.1, 0.15) is 10.7 Å². The summed E-state index contributed by atoms with van der Waals surface area (Å²) < 4.78 is 16.4. The van der Waals surface area contributed by atoms with Crippen LogP contribution >= 0.6 is 22.9 Å². The lowest BCUT2D eigenvalue weighted by atomic mass is 9.85. The predicted molar refractivity (Wildman–Crippen MR) is 135 cm³/mol. The van der Waals surface area contributed by atoms with E-state index in [1.54, 1.807) is 42.9 Å². The number of aryl methyl sites for hydroxylation is 1. The number of carboxylic acids is 1. The van der Waals surface area contributed by atoms with Crippen LogP contribution in [0, 0.1) is 5.82 Å². The highest BCUT2D eigenvalue weighted by atomic mass is 35.5. The highest BCUT2D eigenvalue weighted by Gasteiger charge is 2.22. The number of benzene rings is 2. The maximum atomic E-state index is 15.0. The topological polar surface area (TPSA) is 91.9 Å². The van der Waals surface area contributed by atoms with E-state index in [1.807, 2.05) is 24.3 Å². The number of carbonyl (C=O) groups is 1. The molecule has 0 aliphatic carbocycles. The van der Waals surface area contributed by atoms with Crippen LogP contribution in [-0.4, -0.2) is 26.6 Å². The van der Waals surface area contributed by atoms with Crippen LogP contribution in [0.25, 0.3) is 11.1 Å². The fourth-order valence-electron chi connectivity index (χ4n) is 3.87. The van der Waals surface area contributed by atoms with Crippen LogP contribution in [0.5, 0.6) is 0 Å². The van der Waals surface area contributed by atoms with E-state index in [9.17, 15) is 24.3 Å². The largest absolute Gasteiger partial charge is 0.477 e. The molecule has 2 aromatic heterocycles. The van der Waals surface area contributed by atoms with Gasteiger partial charge in [-0.1, -0.05) is 47.1 Å². The third kappa shape index (κ3) is 5.34. The van der Waals surface area contributed by atoms with Crippen LogP contribution in [0.4, 0.5) is 4.39 Å². The Morgan fingerprint density at radius 3 is 2.46 bits per heavy atom. The summed E-state index contributed by atoms with van der Waals surface area (Å²) in [4.78, 5) is 23.2. The molecule has 2 aromatic carbocycles. The molecule has 0 bridgehead atoms. The monoisotopic (exact) mass is 510 g/mol. The van der Waals surface area contributed by atoms with Gasteiger partial charge in [0, 0.05) is 42.2 Å². The number of oxime groups is 1. The summed E-state index contributed by atoms with van der Waals surface area (Å²) in [7, 11) is 1.59. The quantitative estimate of drug-likeness (QED) is 0.181. The third-order valence-electron chi connectivity index (χ3n) is 5.73. The summed E-state index contributed by atoms with van der Waals surface area (Å²) in [5.74, 6) is -2.00. The molecule has 0 aliphatic heterocycles. The number of hydrogen-bond donors (Lipinski definition) is 2. The molecule has 0 aliphatic rings. The number of hydrogen-bond acceptors (Lipinski definition) is 5. The zero-order valence-corrected chi connectivity index (χ0v) is 20.1. The molecule has 4 rings (SSSR count). The number of aromatic carboxylic acids is 1. The molecule has 35 heavy (non-hydrogen) atoms. The van der Waals surface area contributed by atoms with Gasteiger partial charge in [-0.05, 0) is 51.9 Å². The number of aromatic nitrogens is 1. The number of rotatable bonds is 7. The zero-order valence-electron chi connectivity index (χ0n) is 18.5. The van der Waals surface area contributed by atoms with E-state index in [2.05, 4.69) is 5.16 Å². The van der Waals surface area contributed by atoms with Crippen molar-refractivity contribution in [3.8, 4) is 11.1 Å². The molecule has 9 heteroatoms. The van der Waals surface area contributed by atoms with Gasteiger partial charge >= 0.3 is 5.97 Å². The summed E-state index contributed by atoms with van der Waals surface area (Å²) in [5.41, 5.74) is 3.34. The number of halogens is 2. The molecule has 0 radical (unpaired) electrons. The minimum Gasteiger partial charge on any atom is -0.477 e. The Hall–Kier alpha value is -3.75. The molecule has 6 nitrogen and oxygen atoms in total. The zero-order chi connectivity index (χ0) is 25.1. The number of nitrogens with zero attached hydrogens (tertiary/aromatic N) is 2. The van der Waals surface area contributed by atoms with Gasteiger partial charge in [0.15, 0.2) is 0 Å². The van der Waals surface area contributed by atoms with Crippen molar-refractivity contribution >= 4 is 34.6 Å². The van der Waals surface area contributed by atoms with Crippen LogP contribution in [0.15, 0.2) is 82.2 Å². The fourth-order valence-corrected chi connectivity index (χ4v) is 4.79. The summed E-state index contributed by atoms with van der Waals surface area (Å²) in [6, 6.07) is 16.3. The fraction of sp³-hybridized carbons (Fsp3) is 0.115. The molecule has 4 aromatic rings. The maximum absolute atomic E-state index is 15.0. The van der Waals surface area contributed by atoms with E-state index in [0.717, 1.165) is 28.0 Å². The van der Waals surface area contributed by atoms with Crippen LogP contribution in [-0.2, 0) is 7.05 Å². The predicted octanol–water partition coefficient (Wildman–Crippen LogP) is 6.01. The summed E-state index contributed by atoms with van der Waals surface area (Å²) in [6.07, 6.45) is 1.71. The molecule has 0 saturated heterocycles. The first kappa shape index (κ1) is 24.4. The van der Waals surface area contributed by atoms with Crippen molar-refractivity contribution in [1.82, 2.24) is 4.57 Å². The second kappa shape index (κ2) is 10.2. The molecule has 1 atom stereocenters. The average molecular weight is 511 g/mol. The van der Waals surface area contributed by atoms with Gasteiger partial charge < -0.3 is 14.9 Å². The lowest BCUT2D eigenvalue weighted by Crippen LogP contribution is -2.18. The Kier molecular flexibility index (Phi) is 7.14. The lowest BCUT2D eigenvalue weighted by molar-refractivity contribution is 0.0702. The van der Waals surface area contributed by atoms with Crippen molar-refractivity contribution in [2.45, 2.75) is 12.3 Å². The Morgan fingerprint density at radius 2 is 1.86 bits per heavy atom. The van der Waals surface area contributed by atoms with E-state index >= 15 is 0 Å². The van der Waals surface area contributed by atoms with E-state index in [0.29, 0.717) is 11.1 Å². The van der Waals surface area contributed by atoms with Crippen LogP contribution < -0.4 is 5.56 Å². The molecule has 2 N–H and O–H groups in total. The molecule has 0 saturated carbocycles. The molecular formula is C26H20ClFN2O4S. The van der Waals surface area contributed by atoms with E-state index in [1.165, 1.54) is 16.7 Å². The van der Waals surface area contributed by atoms with Gasteiger partial charge in [0.05, 0.1) is 5.71 Å². The SMILES string of the molecule is Cn1cc(/C(C[C@@H](c2ccc(-c3csc(C(=O)O)c3)cc2)c2ccc(Cl)cc2F)=N/O)ccc1=O. The third-order valence-corrected chi connectivity index (χ3v) is 6.89. The normalized spacial score (nSPS) is 12.5. The van der Waals surface area contributed by atoms with Gasteiger partial charge in [-0.3, -0.25) is 4.79 Å². The molecule has 2 heterocycles. The van der Waals surface area contributed by atoms with Crippen molar-refractivity contribution in [3.63, 3.8) is 0 Å². The van der Waals surface area contributed by atoms with Crippen LogP contribution in [0.1, 0.15) is 38.7 Å². The number of thiophene rings is 1. The van der Waals surface area contributed by atoms with Gasteiger partial charge in [0.25, 0.3) is 0 Å². The van der Waals surface area contributed by atoms with Crippen LogP contribution in [0.3, 0.4) is 0 Å². The van der Waals surface area contributed by atoms with E-state index in [4.69, 9.17) is 11.6 Å². The first-order valence-electron chi connectivity index (χ1n) is 10.5. The molecule has 0 amide bonds. The van der Waals surface area contributed by atoms with Crippen molar-refractivity contribution in [2.24, 2.45) is 12.2 Å². The maximum Gasteiger partial charge on any atom is 0.345 e. The first-order valence-corrected chi connectivity index (χ1v) is 11.8. The minimum atomic E-state index is -0.981. The van der Waals surface area contributed by atoms with E-state index in [-0.39, 0.29) is 27.6 Å². The van der Waals surface area contributed by atoms with Gasteiger partial charge in [-0.25, -0.2) is 9.18 Å². The summed E-state index contributed by atoms with van der Waals surface area (Å²) in [5, 5.41) is 24.4. The highest BCUT2D eigenvalue weighted by Crippen LogP contribution is 2.34. The summed E-state index contributed by atoms with van der Waals surface area (Å²) in [6.45, 7) is 0. The second-order valence-electron chi connectivity index (χ2n) is 7.96. The molecular weight excluding hydrogens is 491 g/mol. The Labute approximate surface area is 209 Å². The standard InChI is InChI=1S/C26H20ClFN2O4S/c1-30-13-17(6-9-25(30)31)23(29-34)12-21(20-8-7-19(27)11-22(20)28)16-4-2-15(3-5-16)18-10-24(26(32)33)35-14-18/h2-11,13-14,21,34H,12H2,1H3,(H,32,33)/b29-23+/t21-/m0/s1. The smallest absolute Gasteiger partial charge is 0.345 e. The molecule has 0 fully saturated rings. The van der Waals surface area contributed by atoms with Crippen molar-refractivity contribution < 1.29 is 19.5 Å². The molecule has 0 unspecified atom stereocenters. The van der Waals surface area contributed by atoms with Crippen molar-refractivity contribution in [3.05, 3.63) is 115 Å². The Bertz CT molecular complexity index is 1480. The average Bonchev–Trinajstić information content (AvgIpc) is 3.34. The van der Waals surface area contributed by atoms with Crippen molar-refractivity contribution in [1.29, 1.82) is 0 Å². The summed E-state index contributed by atoms with van der Waals surface area (Å²) >= 11 is 7.11. The molecule has 0 spiro atoms. The number of pyridine rings is 1. The Balaban J connectivity index is 1.73. The second-order valence-corrected chi connectivity index (χ2v) is 9.31. The van der Waals surface area contributed by atoms with Crippen LogP contribution in [0.2, 0.25) is 5.02 Å². The first-order chi connectivity index (χ1) is 16.8. The Morgan fingerprint density at radius 1 is 1.11 bits per heavy atom. The van der Waals surface area contributed by atoms with Gasteiger partial charge in [0.2, 0.25) is 5.56 Å². The van der Waals surface area contributed by atoms with Crippen molar-refractivity contribution in [2.75, 3.05) is 0 Å². The minimum absolute atomic E-state index is 0.147. The highest BCUT2D eigenvalue weighted by molar-refractivity contribution is 7.12. The lowest BCUT2D eigenvalue weighted by Gasteiger charge is -2.20. The van der Waals surface area contributed by atoms with E-state index < -0.39 is 17.7 Å².